The maximum Gasteiger partial charge on any atom is 0.257 e. The van der Waals surface area contributed by atoms with E-state index in [-0.39, 0.29) is 11.9 Å². The maximum absolute atomic E-state index is 12.0. The molecule has 0 aliphatic carbocycles. The highest BCUT2D eigenvalue weighted by atomic mass is 35.5. The molecule has 0 aromatic heterocycles. The lowest BCUT2D eigenvalue weighted by atomic mass is 10.2. The van der Waals surface area contributed by atoms with Crippen molar-refractivity contribution in [2.45, 2.75) is 5.75 Å². The molecule has 0 heterocycles. The fourth-order valence-corrected chi connectivity index (χ4v) is 2.95. The zero-order chi connectivity index (χ0) is 17.4. The Morgan fingerprint density at radius 2 is 1.88 bits per heavy atom. The Balaban J connectivity index is 1.74. The van der Waals surface area contributed by atoms with Gasteiger partial charge in [0.2, 0.25) is 0 Å². The van der Waals surface area contributed by atoms with Gasteiger partial charge in [-0.15, -0.1) is 0 Å². The van der Waals surface area contributed by atoms with Gasteiger partial charge < -0.3 is 5.73 Å². The summed E-state index contributed by atoms with van der Waals surface area (Å²) in [6.45, 7) is 0.533. The van der Waals surface area contributed by atoms with Gasteiger partial charge >= 0.3 is 0 Å². The number of aliphatic imine (C=N–C) groups is 1. The number of hydrogen-bond acceptors (Lipinski definition) is 3. The summed E-state index contributed by atoms with van der Waals surface area (Å²) in [5.74, 6) is 1.46. The first-order chi connectivity index (χ1) is 11.6. The second kappa shape index (κ2) is 9.57. The molecule has 3 N–H and O–H groups in total. The summed E-state index contributed by atoms with van der Waals surface area (Å²) in [6.07, 6.45) is 0. The summed E-state index contributed by atoms with van der Waals surface area (Å²) in [4.78, 5) is 16.2. The quantitative estimate of drug-likeness (QED) is 0.451. The van der Waals surface area contributed by atoms with E-state index in [1.807, 2.05) is 18.2 Å². The van der Waals surface area contributed by atoms with Crippen LogP contribution in [0.3, 0.4) is 0 Å². The summed E-state index contributed by atoms with van der Waals surface area (Å²) in [5, 5.41) is 3.24. The molecule has 0 aliphatic heterocycles. The van der Waals surface area contributed by atoms with Crippen molar-refractivity contribution in [3.8, 4) is 0 Å². The van der Waals surface area contributed by atoms with E-state index < -0.39 is 0 Å². The van der Waals surface area contributed by atoms with Gasteiger partial charge in [-0.1, -0.05) is 53.5 Å². The van der Waals surface area contributed by atoms with Crippen molar-refractivity contribution in [2.75, 3.05) is 12.3 Å². The van der Waals surface area contributed by atoms with Gasteiger partial charge in [0.05, 0.1) is 16.6 Å². The van der Waals surface area contributed by atoms with Crippen LogP contribution >= 0.6 is 35.0 Å². The van der Waals surface area contributed by atoms with Crippen molar-refractivity contribution in [1.29, 1.82) is 0 Å². The minimum Gasteiger partial charge on any atom is -0.370 e. The van der Waals surface area contributed by atoms with Crippen molar-refractivity contribution in [2.24, 2.45) is 10.7 Å². The normalized spacial score (nSPS) is 11.3. The van der Waals surface area contributed by atoms with Gasteiger partial charge in [0.25, 0.3) is 5.91 Å². The van der Waals surface area contributed by atoms with Crippen molar-refractivity contribution < 1.29 is 4.79 Å². The number of carbonyl (C=O) groups excluding carboxylic acids is 1. The standard InChI is InChI=1S/C17H17Cl2N3OS/c18-14-7-6-13(10-15(14)19)16(23)22-17(20)21-8-9-24-11-12-4-2-1-3-5-12/h1-7,10H,8-9,11H2,(H3,20,21,22,23). The average Bonchev–Trinajstić information content (AvgIpc) is 2.58. The molecular weight excluding hydrogens is 365 g/mol. The molecule has 0 bridgehead atoms. The number of hydrogen-bond donors (Lipinski definition) is 2. The predicted molar refractivity (Wildman–Crippen MR) is 103 cm³/mol. The number of carbonyl (C=O) groups is 1. The van der Waals surface area contributed by atoms with Gasteiger partial charge in [0.1, 0.15) is 0 Å². The van der Waals surface area contributed by atoms with Crippen molar-refractivity contribution in [3.63, 3.8) is 0 Å². The molecule has 2 rings (SSSR count). The number of nitrogens with one attached hydrogen (secondary N) is 1. The van der Waals surface area contributed by atoms with Crippen LogP contribution in [0.4, 0.5) is 0 Å². The minimum absolute atomic E-state index is 0.0892. The summed E-state index contributed by atoms with van der Waals surface area (Å²) >= 11 is 13.5. The van der Waals surface area contributed by atoms with Crippen LogP contribution in [0, 0.1) is 0 Å². The molecule has 0 unspecified atom stereocenters. The van der Waals surface area contributed by atoms with Gasteiger partial charge in [-0.3, -0.25) is 15.1 Å². The van der Waals surface area contributed by atoms with E-state index in [0.29, 0.717) is 22.2 Å². The third kappa shape index (κ3) is 6.07. The van der Waals surface area contributed by atoms with Crippen LogP contribution in [0.2, 0.25) is 10.0 Å². The Kier molecular flexibility index (Phi) is 7.43. The smallest absolute Gasteiger partial charge is 0.257 e. The van der Waals surface area contributed by atoms with Crippen molar-refractivity contribution in [1.82, 2.24) is 5.32 Å². The van der Waals surface area contributed by atoms with E-state index in [1.54, 1.807) is 23.9 Å². The lowest BCUT2D eigenvalue weighted by Crippen LogP contribution is -2.37. The van der Waals surface area contributed by atoms with Crippen LogP contribution in [0.25, 0.3) is 0 Å². The fourth-order valence-electron chi connectivity index (χ4n) is 1.86. The molecular formula is C17H17Cl2N3OS. The van der Waals surface area contributed by atoms with Crippen LogP contribution in [0.15, 0.2) is 53.5 Å². The summed E-state index contributed by atoms with van der Waals surface area (Å²) < 4.78 is 0. The first kappa shape index (κ1) is 18.6. The number of nitrogens with two attached hydrogens (primary N) is 1. The predicted octanol–water partition coefficient (Wildman–Crippen LogP) is 3.97. The van der Waals surface area contributed by atoms with Crippen LogP contribution in [-0.4, -0.2) is 24.2 Å². The van der Waals surface area contributed by atoms with Crippen LogP contribution in [0.5, 0.6) is 0 Å². The van der Waals surface area contributed by atoms with Gasteiger partial charge in [0.15, 0.2) is 5.96 Å². The van der Waals surface area contributed by atoms with Gasteiger partial charge in [-0.25, -0.2) is 0 Å². The Morgan fingerprint density at radius 3 is 2.58 bits per heavy atom. The SMILES string of the molecule is NC(=NCCSCc1ccccc1)NC(=O)c1ccc(Cl)c(Cl)c1. The van der Waals surface area contributed by atoms with Crippen molar-refractivity contribution in [3.05, 3.63) is 69.7 Å². The number of rotatable bonds is 6. The van der Waals surface area contributed by atoms with Gasteiger partial charge in [0, 0.05) is 17.1 Å². The molecule has 0 spiro atoms. The first-order valence-electron chi connectivity index (χ1n) is 7.24. The highest BCUT2D eigenvalue weighted by Gasteiger charge is 2.08. The fraction of sp³-hybridized carbons (Fsp3) is 0.176. The van der Waals surface area contributed by atoms with Crippen LogP contribution < -0.4 is 11.1 Å². The second-order valence-corrected chi connectivity index (χ2v) is 6.81. The van der Waals surface area contributed by atoms with E-state index >= 15 is 0 Å². The molecule has 24 heavy (non-hydrogen) atoms. The molecule has 0 aliphatic rings. The topological polar surface area (TPSA) is 67.5 Å². The zero-order valence-electron chi connectivity index (χ0n) is 12.8. The third-order valence-corrected chi connectivity index (χ3v) is 4.80. The van der Waals surface area contributed by atoms with E-state index in [4.69, 9.17) is 28.9 Å². The Labute approximate surface area is 155 Å². The summed E-state index contributed by atoms with van der Waals surface area (Å²) in [6, 6.07) is 14.8. The molecule has 7 heteroatoms. The highest BCUT2D eigenvalue weighted by molar-refractivity contribution is 7.98. The summed E-state index contributed by atoms with van der Waals surface area (Å²) in [7, 11) is 0. The monoisotopic (exact) mass is 381 g/mol. The number of amides is 1. The van der Waals surface area contributed by atoms with Gasteiger partial charge in [-0.2, -0.15) is 11.8 Å². The largest absolute Gasteiger partial charge is 0.370 e. The Hall–Kier alpha value is -1.69. The van der Waals surface area contributed by atoms with Crippen LogP contribution in [0.1, 0.15) is 15.9 Å². The van der Waals surface area contributed by atoms with E-state index in [9.17, 15) is 4.79 Å². The molecule has 0 saturated heterocycles. The average molecular weight is 382 g/mol. The van der Waals surface area contributed by atoms with Crippen LogP contribution in [-0.2, 0) is 5.75 Å². The molecule has 4 nitrogen and oxygen atoms in total. The first-order valence-corrected chi connectivity index (χ1v) is 9.15. The maximum atomic E-state index is 12.0. The Morgan fingerprint density at radius 1 is 1.12 bits per heavy atom. The number of halogens is 2. The molecule has 2 aromatic carbocycles. The van der Waals surface area contributed by atoms with E-state index in [1.165, 1.54) is 11.6 Å². The molecule has 0 fully saturated rings. The molecule has 0 radical (unpaired) electrons. The lowest BCUT2D eigenvalue weighted by Gasteiger charge is -2.06. The second-order valence-electron chi connectivity index (χ2n) is 4.89. The number of benzene rings is 2. The number of nitrogens with zero attached hydrogens (tertiary/aromatic N) is 1. The van der Waals surface area contributed by atoms with Crippen molar-refractivity contribution >= 4 is 46.8 Å². The van der Waals surface area contributed by atoms with E-state index in [2.05, 4.69) is 22.4 Å². The molecule has 1 amide bonds. The highest BCUT2D eigenvalue weighted by Crippen LogP contribution is 2.22. The minimum atomic E-state index is -0.369. The number of thioether (sulfide) groups is 1. The zero-order valence-corrected chi connectivity index (χ0v) is 15.2. The Bertz CT molecular complexity index is 723. The molecule has 126 valence electrons. The molecule has 0 saturated carbocycles. The summed E-state index contributed by atoms with van der Waals surface area (Å²) in [5.41, 5.74) is 7.37. The third-order valence-electron chi connectivity index (χ3n) is 3.05. The van der Waals surface area contributed by atoms with Gasteiger partial charge in [-0.05, 0) is 23.8 Å². The lowest BCUT2D eigenvalue weighted by molar-refractivity contribution is 0.0976. The molecule has 2 aromatic rings. The molecule has 0 atom stereocenters. The van der Waals surface area contributed by atoms with E-state index in [0.717, 1.165) is 11.5 Å². The number of guanidine groups is 1.